The van der Waals surface area contributed by atoms with Crippen LogP contribution in [0, 0.1) is 13.8 Å². The van der Waals surface area contributed by atoms with Gasteiger partial charge in [-0.05, 0) is 45.2 Å². The van der Waals surface area contributed by atoms with Crippen LogP contribution in [-0.2, 0) is 6.54 Å². The normalized spacial score (nSPS) is 11.0. The summed E-state index contributed by atoms with van der Waals surface area (Å²) in [5.74, 6) is 2.05. The number of likely N-dealkylation sites (N-methyl/N-ethyl adjacent to an activating group) is 1. The highest BCUT2D eigenvalue weighted by atomic mass is 16.5. The van der Waals surface area contributed by atoms with E-state index in [4.69, 9.17) is 9.15 Å². The van der Waals surface area contributed by atoms with Crippen LogP contribution in [-0.4, -0.2) is 35.3 Å². The molecule has 0 spiro atoms. The molecule has 3 aromatic rings. The highest BCUT2D eigenvalue weighted by Crippen LogP contribution is 2.19. The van der Waals surface area contributed by atoms with Crippen molar-refractivity contribution in [2.75, 3.05) is 20.2 Å². The molecule has 0 N–H and O–H groups in total. The molecule has 5 heteroatoms. The fraction of sp³-hybridized carbons (Fsp3) is 0.300. The second-order valence-electron chi connectivity index (χ2n) is 6.27. The van der Waals surface area contributed by atoms with E-state index in [1.54, 1.807) is 0 Å². The number of ether oxygens (including phenoxy) is 1. The third-order valence-electron chi connectivity index (χ3n) is 3.90. The summed E-state index contributed by atoms with van der Waals surface area (Å²) < 4.78 is 11.5. The van der Waals surface area contributed by atoms with Crippen molar-refractivity contribution in [3.05, 3.63) is 65.5 Å². The van der Waals surface area contributed by atoms with E-state index >= 15 is 0 Å². The lowest BCUT2D eigenvalue weighted by molar-refractivity contribution is 0.220. The molecule has 0 bridgehead atoms. The molecule has 25 heavy (non-hydrogen) atoms. The predicted octanol–water partition coefficient (Wildman–Crippen LogP) is 3.86. The fourth-order valence-corrected chi connectivity index (χ4v) is 2.48. The van der Waals surface area contributed by atoms with E-state index in [0.29, 0.717) is 24.9 Å². The van der Waals surface area contributed by atoms with Crippen molar-refractivity contribution < 1.29 is 9.15 Å². The van der Waals surface area contributed by atoms with E-state index in [-0.39, 0.29) is 0 Å². The third kappa shape index (κ3) is 4.90. The quantitative estimate of drug-likeness (QED) is 0.655. The zero-order chi connectivity index (χ0) is 17.6. The Morgan fingerprint density at radius 2 is 1.80 bits per heavy atom. The predicted molar refractivity (Wildman–Crippen MR) is 97.5 cm³/mol. The van der Waals surface area contributed by atoms with Crippen LogP contribution in [0.15, 0.2) is 52.9 Å². The number of nitrogens with zero attached hydrogens (tertiary/aromatic N) is 3. The summed E-state index contributed by atoms with van der Waals surface area (Å²) in [6.07, 6.45) is 0. The van der Waals surface area contributed by atoms with Gasteiger partial charge in [-0.3, -0.25) is 4.90 Å². The van der Waals surface area contributed by atoms with Crippen molar-refractivity contribution in [3.63, 3.8) is 0 Å². The lowest BCUT2D eigenvalue weighted by atomic mass is 10.1. The summed E-state index contributed by atoms with van der Waals surface area (Å²) in [5.41, 5.74) is 3.34. The lowest BCUT2D eigenvalue weighted by Gasteiger charge is -2.14. The van der Waals surface area contributed by atoms with E-state index in [0.717, 1.165) is 17.9 Å². The zero-order valence-corrected chi connectivity index (χ0v) is 14.9. The first-order valence-electron chi connectivity index (χ1n) is 8.37. The van der Waals surface area contributed by atoms with Crippen molar-refractivity contribution in [1.82, 2.24) is 15.1 Å². The molecule has 0 aliphatic rings. The molecular formula is C20H23N3O2. The monoisotopic (exact) mass is 337 g/mol. The minimum atomic E-state index is 0.558. The van der Waals surface area contributed by atoms with E-state index in [1.807, 2.05) is 62.5 Å². The Morgan fingerprint density at radius 1 is 1.00 bits per heavy atom. The molecule has 0 aliphatic heterocycles. The molecule has 0 radical (unpaired) electrons. The third-order valence-corrected chi connectivity index (χ3v) is 3.90. The number of benzene rings is 2. The molecule has 0 aliphatic carbocycles. The van der Waals surface area contributed by atoms with E-state index in [2.05, 4.69) is 22.0 Å². The van der Waals surface area contributed by atoms with Crippen LogP contribution in [0.4, 0.5) is 0 Å². The standard InChI is InChI=1S/C20H23N3O2/c1-15-7-9-18(10-8-15)24-12-11-23(3)14-19-21-22-20(25-19)17-6-4-5-16(2)13-17/h4-10,13H,11-12,14H2,1-3H3. The van der Waals surface area contributed by atoms with Gasteiger partial charge in [0.05, 0.1) is 6.54 Å². The molecule has 1 heterocycles. The molecule has 0 saturated carbocycles. The van der Waals surface area contributed by atoms with Crippen LogP contribution in [0.1, 0.15) is 17.0 Å². The van der Waals surface area contributed by atoms with Gasteiger partial charge in [0.2, 0.25) is 11.8 Å². The molecule has 0 saturated heterocycles. The second-order valence-corrected chi connectivity index (χ2v) is 6.27. The molecule has 2 aromatic carbocycles. The van der Waals surface area contributed by atoms with Crippen molar-refractivity contribution in [1.29, 1.82) is 0 Å². The minimum Gasteiger partial charge on any atom is -0.492 e. The maximum absolute atomic E-state index is 5.77. The Balaban J connectivity index is 1.49. The molecule has 5 nitrogen and oxygen atoms in total. The van der Waals surface area contributed by atoms with E-state index < -0.39 is 0 Å². The smallest absolute Gasteiger partial charge is 0.247 e. The molecule has 1 aromatic heterocycles. The molecule has 0 amide bonds. The first kappa shape index (κ1) is 17.2. The van der Waals surface area contributed by atoms with Crippen LogP contribution >= 0.6 is 0 Å². The molecule has 0 atom stereocenters. The van der Waals surface area contributed by atoms with Gasteiger partial charge in [0.15, 0.2) is 0 Å². The van der Waals surface area contributed by atoms with Crippen LogP contribution in [0.2, 0.25) is 0 Å². The highest BCUT2D eigenvalue weighted by molar-refractivity contribution is 5.53. The summed E-state index contributed by atoms with van der Waals surface area (Å²) in [6.45, 7) is 6.08. The van der Waals surface area contributed by atoms with Crippen molar-refractivity contribution >= 4 is 0 Å². The largest absolute Gasteiger partial charge is 0.492 e. The van der Waals surface area contributed by atoms with Gasteiger partial charge in [0.1, 0.15) is 12.4 Å². The van der Waals surface area contributed by atoms with Gasteiger partial charge in [-0.2, -0.15) is 0 Å². The van der Waals surface area contributed by atoms with Crippen molar-refractivity contribution in [3.8, 4) is 17.2 Å². The van der Waals surface area contributed by atoms with Crippen LogP contribution in [0.5, 0.6) is 5.75 Å². The molecule has 0 fully saturated rings. The number of rotatable bonds is 7. The van der Waals surface area contributed by atoms with Gasteiger partial charge in [0, 0.05) is 12.1 Å². The summed E-state index contributed by atoms with van der Waals surface area (Å²) in [4.78, 5) is 2.10. The molecule has 0 unspecified atom stereocenters. The molecule has 3 rings (SSSR count). The van der Waals surface area contributed by atoms with Crippen molar-refractivity contribution in [2.45, 2.75) is 20.4 Å². The molecular weight excluding hydrogens is 314 g/mol. The summed E-state index contributed by atoms with van der Waals surface area (Å²) in [7, 11) is 2.01. The van der Waals surface area contributed by atoms with Crippen molar-refractivity contribution in [2.24, 2.45) is 0 Å². The number of hydrogen-bond donors (Lipinski definition) is 0. The van der Waals surface area contributed by atoms with Gasteiger partial charge in [0.25, 0.3) is 0 Å². The van der Waals surface area contributed by atoms with Gasteiger partial charge in [-0.1, -0.05) is 35.4 Å². The fourth-order valence-electron chi connectivity index (χ4n) is 2.48. The van der Waals surface area contributed by atoms with Crippen LogP contribution in [0.25, 0.3) is 11.5 Å². The SMILES string of the molecule is Cc1ccc(OCCN(C)Cc2nnc(-c3cccc(C)c3)o2)cc1. The molecule has 130 valence electrons. The Kier molecular flexibility index (Phi) is 5.46. The maximum atomic E-state index is 5.77. The van der Waals surface area contributed by atoms with Gasteiger partial charge >= 0.3 is 0 Å². The van der Waals surface area contributed by atoms with Gasteiger partial charge in [-0.15, -0.1) is 10.2 Å². The average Bonchev–Trinajstić information content (AvgIpc) is 3.05. The van der Waals surface area contributed by atoms with E-state index in [9.17, 15) is 0 Å². The summed E-state index contributed by atoms with van der Waals surface area (Å²) >= 11 is 0. The Hall–Kier alpha value is -2.66. The van der Waals surface area contributed by atoms with Gasteiger partial charge in [-0.25, -0.2) is 0 Å². The average molecular weight is 337 g/mol. The number of aryl methyl sites for hydroxylation is 2. The Labute approximate surface area is 148 Å². The first-order chi connectivity index (χ1) is 12.1. The Bertz CT molecular complexity index is 812. The van der Waals surface area contributed by atoms with Crippen LogP contribution < -0.4 is 4.74 Å². The number of aromatic nitrogens is 2. The van der Waals surface area contributed by atoms with Gasteiger partial charge < -0.3 is 9.15 Å². The summed E-state index contributed by atoms with van der Waals surface area (Å²) in [6, 6.07) is 16.1. The van der Waals surface area contributed by atoms with Crippen LogP contribution in [0.3, 0.4) is 0 Å². The Morgan fingerprint density at radius 3 is 2.56 bits per heavy atom. The lowest BCUT2D eigenvalue weighted by Crippen LogP contribution is -2.24. The topological polar surface area (TPSA) is 51.4 Å². The van der Waals surface area contributed by atoms with E-state index in [1.165, 1.54) is 11.1 Å². The zero-order valence-electron chi connectivity index (χ0n) is 14.9. The highest BCUT2D eigenvalue weighted by Gasteiger charge is 2.10. The number of hydrogen-bond acceptors (Lipinski definition) is 5. The minimum absolute atomic E-state index is 0.558. The summed E-state index contributed by atoms with van der Waals surface area (Å²) in [5, 5.41) is 8.28. The maximum Gasteiger partial charge on any atom is 0.247 e. The second kappa shape index (κ2) is 7.94. The first-order valence-corrected chi connectivity index (χ1v) is 8.37.